The fourth-order valence-corrected chi connectivity index (χ4v) is 3.50. The summed E-state index contributed by atoms with van der Waals surface area (Å²) in [5.41, 5.74) is 7.39. The molecule has 0 aromatic heterocycles. The number of benzene rings is 2. The highest BCUT2D eigenvalue weighted by atomic mass is 16.5. The molecule has 2 aromatic carbocycles. The molecule has 0 saturated carbocycles. The molecule has 0 saturated heterocycles. The molecular weight excluding hydrogens is 418 g/mol. The molecule has 2 rings (SSSR count). The summed E-state index contributed by atoms with van der Waals surface area (Å²) in [7, 11) is 3.18. The fraction of sp³-hybridized carbons (Fsp3) is 0.500. The average molecular weight is 456 g/mol. The number of anilines is 1. The first-order chi connectivity index (χ1) is 16.0. The third-order valence-corrected chi connectivity index (χ3v) is 5.33. The van der Waals surface area contributed by atoms with E-state index in [1.54, 1.807) is 14.2 Å². The third kappa shape index (κ3) is 8.39. The van der Waals surface area contributed by atoms with Crippen LogP contribution in [0.25, 0.3) is 0 Å². The lowest BCUT2D eigenvalue weighted by atomic mass is 10.0. The van der Waals surface area contributed by atoms with Gasteiger partial charge in [0.15, 0.2) is 11.5 Å². The normalized spacial score (nSPS) is 11.6. The van der Waals surface area contributed by atoms with Gasteiger partial charge in [-0.05, 0) is 68.1 Å². The Balaban J connectivity index is 1.80. The van der Waals surface area contributed by atoms with Crippen LogP contribution in [0.2, 0.25) is 0 Å². The summed E-state index contributed by atoms with van der Waals surface area (Å²) in [4.78, 5) is 0. The average Bonchev–Trinajstić information content (AvgIpc) is 2.80. The number of ether oxygens (including phenoxy) is 4. The minimum absolute atomic E-state index is 0.0205. The van der Waals surface area contributed by atoms with Gasteiger partial charge in [-0.3, -0.25) is 0 Å². The van der Waals surface area contributed by atoms with Crippen molar-refractivity contribution in [3.8, 4) is 29.1 Å². The van der Waals surface area contributed by atoms with Crippen LogP contribution in [0.15, 0.2) is 36.4 Å². The number of nitrogens with zero attached hydrogens (tertiary/aromatic N) is 1. The Bertz CT molecular complexity index is 896. The molecule has 0 amide bonds. The summed E-state index contributed by atoms with van der Waals surface area (Å²) >= 11 is 0. The Morgan fingerprint density at radius 1 is 1.00 bits per heavy atom. The molecule has 7 nitrogen and oxygen atoms in total. The summed E-state index contributed by atoms with van der Waals surface area (Å²) in [6.07, 6.45) is 3.09. The summed E-state index contributed by atoms with van der Waals surface area (Å²) in [6, 6.07) is 13.4. The smallest absolute Gasteiger partial charge is 0.203 e. The summed E-state index contributed by atoms with van der Waals surface area (Å²) in [6.45, 7) is 6.69. The van der Waals surface area contributed by atoms with Gasteiger partial charge in [-0.1, -0.05) is 26.0 Å². The maximum absolute atomic E-state index is 9.08. The van der Waals surface area contributed by atoms with Crippen LogP contribution in [0.5, 0.6) is 23.0 Å². The van der Waals surface area contributed by atoms with Gasteiger partial charge in [-0.15, -0.1) is 0 Å². The lowest BCUT2D eigenvalue weighted by Gasteiger charge is -2.25. The number of para-hydroxylation sites is 2. The van der Waals surface area contributed by atoms with E-state index in [0.29, 0.717) is 35.5 Å². The molecule has 180 valence electrons. The van der Waals surface area contributed by atoms with E-state index in [1.165, 1.54) is 0 Å². The van der Waals surface area contributed by atoms with E-state index in [9.17, 15) is 0 Å². The zero-order valence-electron chi connectivity index (χ0n) is 20.2. The van der Waals surface area contributed by atoms with Crippen LogP contribution in [-0.2, 0) is 6.42 Å². The van der Waals surface area contributed by atoms with Gasteiger partial charge in [-0.25, -0.2) is 0 Å². The second kappa shape index (κ2) is 14.1. The van der Waals surface area contributed by atoms with E-state index in [-0.39, 0.29) is 12.5 Å². The molecule has 0 aliphatic carbocycles. The second-order valence-electron chi connectivity index (χ2n) is 8.20. The molecule has 33 heavy (non-hydrogen) atoms. The van der Waals surface area contributed by atoms with E-state index in [1.807, 2.05) is 36.4 Å². The number of hydrogen-bond donors (Lipinski definition) is 2. The van der Waals surface area contributed by atoms with E-state index in [0.717, 1.165) is 43.7 Å². The largest absolute Gasteiger partial charge is 0.493 e. The molecule has 0 spiro atoms. The van der Waals surface area contributed by atoms with Crippen molar-refractivity contribution in [2.75, 3.05) is 39.6 Å². The van der Waals surface area contributed by atoms with Crippen LogP contribution in [0.3, 0.4) is 0 Å². The number of methoxy groups -OCH3 is 2. The fourth-order valence-electron chi connectivity index (χ4n) is 3.50. The molecule has 1 atom stereocenters. The van der Waals surface area contributed by atoms with Crippen LogP contribution in [0.1, 0.15) is 38.7 Å². The first-order valence-corrected chi connectivity index (χ1v) is 11.5. The molecule has 0 radical (unpaired) electrons. The molecule has 0 bridgehead atoms. The Hall–Kier alpha value is -3.11. The number of nitriles is 1. The van der Waals surface area contributed by atoms with Crippen molar-refractivity contribution in [1.82, 2.24) is 5.32 Å². The highest BCUT2D eigenvalue weighted by Gasteiger charge is 2.20. The van der Waals surface area contributed by atoms with Crippen LogP contribution < -0.4 is 30.0 Å². The minimum atomic E-state index is 0.0205. The predicted molar refractivity (Wildman–Crippen MR) is 131 cm³/mol. The van der Waals surface area contributed by atoms with Crippen molar-refractivity contribution >= 4 is 5.69 Å². The first kappa shape index (κ1) is 26.1. The van der Waals surface area contributed by atoms with Crippen LogP contribution >= 0.6 is 0 Å². The van der Waals surface area contributed by atoms with Crippen molar-refractivity contribution in [2.24, 2.45) is 5.92 Å². The predicted octanol–water partition coefficient (Wildman–Crippen LogP) is 4.59. The number of nitrogen functional groups attached to an aromatic ring is 1. The Morgan fingerprint density at radius 3 is 2.39 bits per heavy atom. The summed E-state index contributed by atoms with van der Waals surface area (Å²) in [5.74, 6) is 2.81. The molecule has 1 unspecified atom stereocenters. The Labute approximate surface area is 197 Å². The van der Waals surface area contributed by atoms with Gasteiger partial charge >= 0.3 is 0 Å². The van der Waals surface area contributed by atoms with E-state index < -0.39 is 0 Å². The van der Waals surface area contributed by atoms with E-state index in [2.05, 4.69) is 25.2 Å². The van der Waals surface area contributed by atoms with Gasteiger partial charge in [-0.2, -0.15) is 5.26 Å². The molecule has 0 heterocycles. The maximum Gasteiger partial charge on any atom is 0.203 e. The molecule has 0 fully saturated rings. The molecular formula is C26H37N3O4. The van der Waals surface area contributed by atoms with Gasteiger partial charge < -0.3 is 30.0 Å². The van der Waals surface area contributed by atoms with Gasteiger partial charge in [0.2, 0.25) is 5.75 Å². The first-order valence-electron chi connectivity index (χ1n) is 11.5. The van der Waals surface area contributed by atoms with Crippen molar-refractivity contribution in [1.29, 1.82) is 5.26 Å². The molecule has 3 N–H and O–H groups in total. The molecule has 0 aliphatic rings. The molecule has 0 aliphatic heterocycles. The molecule has 2 aromatic rings. The number of rotatable bonds is 15. The molecule has 7 heteroatoms. The summed E-state index contributed by atoms with van der Waals surface area (Å²) in [5, 5.41) is 12.5. The highest BCUT2D eigenvalue weighted by molar-refractivity contribution is 5.54. The maximum atomic E-state index is 9.08. The Morgan fingerprint density at radius 2 is 1.73 bits per heavy atom. The lowest BCUT2D eigenvalue weighted by Crippen LogP contribution is -2.26. The number of hydrogen-bond acceptors (Lipinski definition) is 7. The van der Waals surface area contributed by atoms with Gasteiger partial charge in [0.25, 0.3) is 0 Å². The van der Waals surface area contributed by atoms with Crippen molar-refractivity contribution < 1.29 is 18.9 Å². The van der Waals surface area contributed by atoms with Crippen LogP contribution in [0.4, 0.5) is 5.69 Å². The SMILES string of the molecule is COc1cc(CC#N)cc(OC(CCCNCCCOc2ccccc2N)C(C)C)c1OC. The third-order valence-electron chi connectivity index (χ3n) is 5.33. The minimum Gasteiger partial charge on any atom is -0.493 e. The standard InChI is InChI=1S/C26H37N3O4/c1-19(2)22(33-25-18-20(12-13-27)17-24(30-3)26(25)31-4)11-7-14-29-15-8-16-32-23-10-6-5-9-21(23)28/h5-6,9-10,17-19,22,29H,7-8,11-12,14-16,28H2,1-4H3. The second-order valence-corrected chi connectivity index (χ2v) is 8.20. The van der Waals surface area contributed by atoms with Crippen molar-refractivity contribution in [3.63, 3.8) is 0 Å². The van der Waals surface area contributed by atoms with Gasteiger partial charge in [0, 0.05) is 0 Å². The van der Waals surface area contributed by atoms with Crippen LogP contribution in [-0.4, -0.2) is 40.0 Å². The van der Waals surface area contributed by atoms with Gasteiger partial charge in [0.1, 0.15) is 11.9 Å². The highest BCUT2D eigenvalue weighted by Crippen LogP contribution is 2.40. The topological polar surface area (TPSA) is 98.8 Å². The zero-order valence-corrected chi connectivity index (χ0v) is 20.2. The Kier molecular flexibility index (Phi) is 11.2. The monoisotopic (exact) mass is 455 g/mol. The van der Waals surface area contributed by atoms with E-state index in [4.69, 9.17) is 29.9 Å². The summed E-state index contributed by atoms with van der Waals surface area (Å²) < 4.78 is 23.1. The van der Waals surface area contributed by atoms with Gasteiger partial charge in [0.05, 0.1) is 39.0 Å². The van der Waals surface area contributed by atoms with Crippen molar-refractivity contribution in [3.05, 3.63) is 42.0 Å². The lowest BCUT2D eigenvalue weighted by molar-refractivity contribution is 0.133. The van der Waals surface area contributed by atoms with Crippen LogP contribution in [0, 0.1) is 17.2 Å². The van der Waals surface area contributed by atoms with Crippen molar-refractivity contribution in [2.45, 2.75) is 45.6 Å². The zero-order chi connectivity index (χ0) is 24.1. The quantitative estimate of drug-likeness (QED) is 0.299. The number of nitrogens with one attached hydrogen (secondary N) is 1. The number of nitrogens with two attached hydrogens (primary N) is 1. The van der Waals surface area contributed by atoms with E-state index >= 15 is 0 Å².